The number of rotatable bonds is 2. The summed E-state index contributed by atoms with van der Waals surface area (Å²) in [6.45, 7) is 2.74. The van der Waals surface area contributed by atoms with E-state index in [1.807, 2.05) is 21.6 Å². The van der Waals surface area contributed by atoms with Crippen LogP contribution in [0.4, 0.5) is 19.0 Å². The number of amides is 1. The van der Waals surface area contributed by atoms with Crippen molar-refractivity contribution in [3.8, 4) is 0 Å². The summed E-state index contributed by atoms with van der Waals surface area (Å²) in [5.41, 5.74) is -0.853. The Morgan fingerprint density at radius 2 is 1.84 bits per heavy atom. The number of nitrogens with zero attached hydrogens (tertiary/aromatic N) is 3. The molecule has 0 atom stereocenters. The maximum absolute atomic E-state index is 12.7. The third-order valence-electron chi connectivity index (χ3n) is 4.62. The molecule has 0 spiro atoms. The van der Waals surface area contributed by atoms with Gasteiger partial charge in [-0.05, 0) is 18.9 Å². The van der Waals surface area contributed by atoms with E-state index >= 15 is 0 Å². The van der Waals surface area contributed by atoms with E-state index in [0.717, 1.165) is 36.9 Å². The zero-order valence-electron chi connectivity index (χ0n) is 13.6. The molecule has 0 radical (unpaired) electrons. The highest BCUT2D eigenvalue weighted by Crippen LogP contribution is 2.34. The maximum Gasteiger partial charge on any atom is 0.417 e. The molecule has 25 heavy (non-hydrogen) atoms. The fraction of sp³-hybridized carbons (Fsp3) is 0.625. The first-order valence-electron chi connectivity index (χ1n) is 8.20. The molecule has 3 rings (SSSR count). The molecule has 3 heterocycles. The summed E-state index contributed by atoms with van der Waals surface area (Å²) in [5, 5.41) is -0.00680. The van der Waals surface area contributed by atoms with Gasteiger partial charge in [0.15, 0.2) is 0 Å². The molecule has 0 aliphatic carbocycles. The average Bonchev–Trinajstić information content (AvgIpc) is 2.61. The summed E-state index contributed by atoms with van der Waals surface area (Å²) < 4.78 is 38.1. The average molecular weight is 394 g/mol. The van der Waals surface area contributed by atoms with Crippen LogP contribution in [0.3, 0.4) is 0 Å². The summed E-state index contributed by atoms with van der Waals surface area (Å²) >= 11 is 7.87. The van der Waals surface area contributed by atoms with Gasteiger partial charge in [0.25, 0.3) is 0 Å². The Hall–Kier alpha value is -1.15. The van der Waals surface area contributed by atoms with Crippen molar-refractivity contribution in [2.45, 2.75) is 19.0 Å². The first kappa shape index (κ1) is 18.6. The van der Waals surface area contributed by atoms with E-state index in [2.05, 4.69) is 4.98 Å². The minimum atomic E-state index is -4.46. The lowest BCUT2D eigenvalue weighted by atomic mass is 9.95. The second-order valence-electron chi connectivity index (χ2n) is 6.23. The van der Waals surface area contributed by atoms with Crippen LogP contribution >= 0.6 is 23.4 Å². The van der Waals surface area contributed by atoms with E-state index in [1.54, 1.807) is 0 Å². The van der Waals surface area contributed by atoms with Crippen LogP contribution in [0.25, 0.3) is 0 Å². The number of alkyl halides is 3. The molecule has 0 aromatic carbocycles. The number of thioether (sulfide) groups is 1. The van der Waals surface area contributed by atoms with Crippen LogP contribution in [0.1, 0.15) is 18.4 Å². The van der Waals surface area contributed by atoms with Crippen LogP contribution in [0.2, 0.25) is 5.02 Å². The Morgan fingerprint density at radius 3 is 2.40 bits per heavy atom. The molecule has 2 fully saturated rings. The molecule has 2 aliphatic heterocycles. The molecule has 2 saturated heterocycles. The monoisotopic (exact) mass is 393 g/mol. The van der Waals surface area contributed by atoms with Crippen LogP contribution < -0.4 is 4.90 Å². The highest BCUT2D eigenvalue weighted by molar-refractivity contribution is 7.99. The Bertz CT molecular complexity index is 630. The third-order valence-corrected chi connectivity index (χ3v) is 5.84. The van der Waals surface area contributed by atoms with E-state index in [-0.39, 0.29) is 16.8 Å². The van der Waals surface area contributed by atoms with E-state index in [0.29, 0.717) is 31.7 Å². The molecular weight excluding hydrogens is 375 g/mol. The number of aromatic nitrogens is 1. The number of piperidine rings is 1. The molecule has 0 bridgehead atoms. The van der Waals surface area contributed by atoms with Crippen molar-refractivity contribution < 1.29 is 18.0 Å². The topological polar surface area (TPSA) is 36.4 Å². The van der Waals surface area contributed by atoms with Crippen molar-refractivity contribution in [2.75, 3.05) is 42.6 Å². The fourth-order valence-corrected chi connectivity index (χ4v) is 4.39. The molecule has 138 valence electrons. The summed E-state index contributed by atoms with van der Waals surface area (Å²) in [5.74, 6) is 2.50. The molecule has 0 saturated carbocycles. The fourth-order valence-electron chi connectivity index (χ4n) is 3.20. The van der Waals surface area contributed by atoms with E-state index in [4.69, 9.17) is 11.6 Å². The number of carbonyl (C=O) groups is 1. The first-order chi connectivity index (χ1) is 11.9. The number of hydrogen-bond acceptors (Lipinski definition) is 4. The maximum atomic E-state index is 12.7. The van der Waals surface area contributed by atoms with Crippen molar-refractivity contribution in [1.82, 2.24) is 9.88 Å². The van der Waals surface area contributed by atoms with Crippen LogP contribution in [0.15, 0.2) is 12.3 Å². The summed E-state index contributed by atoms with van der Waals surface area (Å²) in [6.07, 6.45) is -2.31. The van der Waals surface area contributed by atoms with Crippen molar-refractivity contribution in [1.29, 1.82) is 0 Å². The summed E-state index contributed by atoms with van der Waals surface area (Å²) in [7, 11) is 0. The van der Waals surface area contributed by atoms with Crippen molar-refractivity contribution in [3.63, 3.8) is 0 Å². The smallest absolute Gasteiger partial charge is 0.355 e. The highest BCUT2D eigenvalue weighted by Gasteiger charge is 2.33. The third kappa shape index (κ3) is 4.34. The number of pyridine rings is 1. The summed E-state index contributed by atoms with van der Waals surface area (Å²) in [4.78, 5) is 20.2. The number of halogens is 4. The Labute approximate surface area is 153 Å². The normalized spacial score (nSPS) is 20.0. The zero-order valence-corrected chi connectivity index (χ0v) is 15.1. The minimum Gasteiger partial charge on any atom is -0.355 e. The highest BCUT2D eigenvalue weighted by atomic mass is 35.5. The van der Waals surface area contributed by atoms with Gasteiger partial charge < -0.3 is 9.80 Å². The zero-order chi connectivity index (χ0) is 18.0. The van der Waals surface area contributed by atoms with Crippen LogP contribution in [0, 0.1) is 5.92 Å². The standard InChI is InChI=1S/C16H19ClF3N3OS/c17-13-9-12(16(18,19)20)10-21-14(13)22-3-1-11(2-4-22)15(24)23-5-7-25-8-6-23/h9-11H,1-8H2. The lowest BCUT2D eigenvalue weighted by Crippen LogP contribution is -2.45. The van der Waals surface area contributed by atoms with Crippen molar-refractivity contribution in [2.24, 2.45) is 5.92 Å². The molecule has 1 aromatic heterocycles. The van der Waals surface area contributed by atoms with Crippen LogP contribution in [0.5, 0.6) is 0 Å². The minimum absolute atomic E-state index is 0.00680. The number of carbonyl (C=O) groups excluding carboxylic acids is 1. The lowest BCUT2D eigenvalue weighted by Gasteiger charge is -2.36. The molecule has 9 heteroatoms. The first-order valence-corrected chi connectivity index (χ1v) is 9.74. The number of anilines is 1. The van der Waals surface area contributed by atoms with Gasteiger partial charge in [-0.15, -0.1) is 0 Å². The van der Waals surface area contributed by atoms with Gasteiger partial charge in [-0.2, -0.15) is 24.9 Å². The van der Waals surface area contributed by atoms with E-state index < -0.39 is 11.7 Å². The largest absolute Gasteiger partial charge is 0.417 e. The predicted molar refractivity (Wildman–Crippen MR) is 93.1 cm³/mol. The SMILES string of the molecule is O=C(C1CCN(c2ncc(C(F)(F)F)cc2Cl)CC1)N1CCSCC1. The second kappa shape index (κ2) is 7.61. The molecule has 1 aromatic rings. The lowest BCUT2D eigenvalue weighted by molar-refractivity contribution is -0.138. The van der Waals surface area contributed by atoms with Crippen LogP contribution in [-0.2, 0) is 11.0 Å². The van der Waals surface area contributed by atoms with Crippen molar-refractivity contribution in [3.05, 3.63) is 22.8 Å². The van der Waals surface area contributed by atoms with E-state index in [9.17, 15) is 18.0 Å². The van der Waals surface area contributed by atoms with Crippen LogP contribution in [-0.4, -0.2) is 53.5 Å². The molecule has 1 amide bonds. The van der Waals surface area contributed by atoms with Gasteiger partial charge in [-0.25, -0.2) is 4.98 Å². The molecule has 2 aliphatic rings. The molecule has 4 nitrogen and oxygen atoms in total. The number of hydrogen-bond donors (Lipinski definition) is 0. The summed E-state index contributed by atoms with van der Waals surface area (Å²) in [6, 6.07) is 0.909. The predicted octanol–water partition coefficient (Wildman–Crippen LogP) is 3.55. The van der Waals surface area contributed by atoms with Gasteiger partial charge in [0.2, 0.25) is 5.91 Å². The Kier molecular flexibility index (Phi) is 5.68. The van der Waals surface area contributed by atoms with E-state index in [1.165, 1.54) is 0 Å². The van der Waals surface area contributed by atoms with Gasteiger partial charge in [-0.3, -0.25) is 4.79 Å². The molecular formula is C16H19ClF3N3OS. The molecule has 0 N–H and O–H groups in total. The van der Waals surface area contributed by atoms with Gasteiger partial charge in [0.05, 0.1) is 10.6 Å². The quantitative estimate of drug-likeness (QED) is 0.770. The van der Waals surface area contributed by atoms with Gasteiger partial charge in [0.1, 0.15) is 5.82 Å². The Balaban J connectivity index is 1.61. The van der Waals surface area contributed by atoms with Gasteiger partial charge >= 0.3 is 6.18 Å². The molecule has 0 unspecified atom stereocenters. The Morgan fingerprint density at radius 1 is 1.20 bits per heavy atom. The second-order valence-corrected chi connectivity index (χ2v) is 7.86. The van der Waals surface area contributed by atoms with Gasteiger partial charge in [0, 0.05) is 49.8 Å². The van der Waals surface area contributed by atoms with Gasteiger partial charge in [-0.1, -0.05) is 11.6 Å². The van der Waals surface area contributed by atoms with Crippen molar-refractivity contribution >= 4 is 35.1 Å².